The van der Waals surface area contributed by atoms with Crippen LogP contribution in [0.25, 0.3) is 0 Å². The molecule has 12 heavy (non-hydrogen) atoms. The number of rotatable bonds is 2. The van der Waals surface area contributed by atoms with Gasteiger partial charge in [0, 0.05) is 0 Å². The lowest BCUT2D eigenvalue weighted by molar-refractivity contribution is 0.464. The largest absolute Gasteiger partial charge is 0.507 e. The van der Waals surface area contributed by atoms with Gasteiger partial charge in [0.25, 0.3) is 0 Å². The fourth-order valence-corrected chi connectivity index (χ4v) is 1.41. The zero-order valence-electron chi connectivity index (χ0n) is 8.02. The van der Waals surface area contributed by atoms with Crippen molar-refractivity contribution < 1.29 is 5.11 Å². The molecule has 0 unspecified atom stereocenters. The summed E-state index contributed by atoms with van der Waals surface area (Å²) in [4.78, 5) is 0. The molecule has 0 aromatic heterocycles. The van der Waals surface area contributed by atoms with Crippen LogP contribution in [-0.4, -0.2) is 5.11 Å². The van der Waals surface area contributed by atoms with Gasteiger partial charge in [0.2, 0.25) is 0 Å². The van der Waals surface area contributed by atoms with E-state index in [2.05, 4.69) is 26.0 Å². The van der Waals surface area contributed by atoms with Crippen LogP contribution in [0.3, 0.4) is 0 Å². The molecule has 1 aromatic carbocycles. The molecule has 0 saturated carbocycles. The second-order valence-corrected chi connectivity index (χ2v) is 3.13. The van der Waals surface area contributed by atoms with E-state index < -0.39 is 0 Å². The molecule has 0 aliphatic rings. The molecule has 0 saturated heterocycles. The minimum Gasteiger partial charge on any atom is -0.507 e. The summed E-state index contributed by atoms with van der Waals surface area (Å²) in [5.74, 6) is 0.467. The van der Waals surface area contributed by atoms with E-state index in [4.69, 9.17) is 0 Å². The number of phenolic OH excluding ortho intramolecular Hbond substituents is 1. The van der Waals surface area contributed by atoms with Crippen LogP contribution < -0.4 is 0 Å². The van der Waals surface area contributed by atoms with Crippen molar-refractivity contribution in [2.45, 2.75) is 33.6 Å². The first kappa shape index (κ1) is 9.11. The van der Waals surface area contributed by atoms with Crippen LogP contribution in [0.15, 0.2) is 12.1 Å². The maximum Gasteiger partial charge on any atom is 0.121 e. The molecular formula is C11H16O. The molecule has 0 amide bonds. The van der Waals surface area contributed by atoms with Crippen LogP contribution in [0.1, 0.15) is 30.5 Å². The zero-order valence-corrected chi connectivity index (χ0v) is 8.02. The number of hydrogen-bond donors (Lipinski definition) is 1. The average molecular weight is 164 g/mol. The molecule has 0 heterocycles. The fourth-order valence-electron chi connectivity index (χ4n) is 1.41. The topological polar surface area (TPSA) is 20.2 Å². The highest BCUT2D eigenvalue weighted by Crippen LogP contribution is 2.24. The van der Waals surface area contributed by atoms with E-state index in [1.54, 1.807) is 0 Å². The van der Waals surface area contributed by atoms with Gasteiger partial charge in [-0.15, -0.1) is 0 Å². The number of benzene rings is 1. The maximum atomic E-state index is 9.62. The molecule has 66 valence electrons. The van der Waals surface area contributed by atoms with Gasteiger partial charge in [-0.3, -0.25) is 0 Å². The molecule has 0 spiro atoms. The van der Waals surface area contributed by atoms with Gasteiger partial charge in [-0.1, -0.05) is 26.0 Å². The first-order valence-corrected chi connectivity index (χ1v) is 4.50. The van der Waals surface area contributed by atoms with Crippen molar-refractivity contribution in [3.63, 3.8) is 0 Å². The van der Waals surface area contributed by atoms with E-state index in [9.17, 15) is 5.11 Å². The van der Waals surface area contributed by atoms with Crippen LogP contribution in [0.2, 0.25) is 0 Å². The smallest absolute Gasteiger partial charge is 0.121 e. The average Bonchev–Trinajstić information content (AvgIpc) is 2.09. The summed E-state index contributed by atoms with van der Waals surface area (Å²) >= 11 is 0. The predicted molar refractivity (Wildman–Crippen MR) is 51.6 cm³/mol. The molecule has 0 aliphatic carbocycles. The Bertz CT molecular complexity index is 277. The second kappa shape index (κ2) is 3.61. The Balaban J connectivity index is 3.19. The standard InChI is InChI=1S/C11H16O/c1-4-9-6-8(3)11(12)10(5-2)7-9/h6-7,12H,4-5H2,1-3H3. The predicted octanol–water partition coefficient (Wildman–Crippen LogP) is 2.83. The van der Waals surface area contributed by atoms with E-state index in [1.807, 2.05) is 6.92 Å². The van der Waals surface area contributed by atoms with E-state index >= 15 is 0 Å². The van der Waals surface area contributed by atoms with E-state index in [0.29, 0.717) is 5.75 Å². The van der Waals surface area contributed by atoms with Crippen molar-refractivity contribution in [3.05, 3.63) is 28.8 Å². The molecule has 1 aromatic rings. The van der Waals surface area contributed by atoms with Crippen LogP contribution in [0, 0.1) is 6.92 Å². The Kier molecular flexibility index (Phi) is 2.74. The van der Waals surface area contributed by atoms with Crippen molar-refractivity contribution >= 4 is 0 Å². The number of aryl methyl sites for hydroxylation is 3. The Hall–Kier alpha value is -0.980. The maximum absolute atomic E-state index is 9.62. The minimum atomic E-state index is 0.467. The van der Waals surface area contributed by atoms with E-state index in [1.165, 1.54) is 5.56 Å². The molecule has 0 bridgehead atoms. The van der Waals surface area contributed by atoms with Crippen molar-refractivity contribution in [3.8, 4) is 5.75 Å². The summed E-state index contributed by atoms with van der Waals surface area (Å²) in [5.41, 5.74) is 3.36. The monoisotopic (exact) mass is 164 g/mol. The molecule has 1 heteroatoms. The molecule has 0 atom stereocenters. The fraction of sp³-hybridized carbons (Fsp3) is 0.455. The van der Waals surface area contributed by atoms with Crippen LogP contribution in [0.5, 0.6) is 5.75 Å². The van der Waals surface area contributed by atoms with Crippen molar-refractivity contribution in [1.29, 1.82) is 0 Å². The SMILES string of the molecule is CCc1cc(C)c(O)c(CC)c1. The van der Waals surface area contributed by atoms with Gasteiger partial charge in [-0.05, 0) is 36.5 Å². The van der Waals surface area contributed by atoms with Gasteiger partial charge in [0.1, 0.15) is 5.75 Å². The lowest BCUT2D eigenvalue weighted by atomic mass is 10.0. The summed E-state index contributed by atoms with van der Waals surface area (Å²) < 4.78 is 0. The summed E-state index contributed by atoms with van der Waals surface area (Å²) in [5, 5.41) is 9.62. The minimum absolute atomic E-state index is 0.467. The van der Waals surface area contributed by atoms with Gasteiger partial charge < -0.3 is 5.11 Å². The highest BCUT2D eigenvalue weighted by Gasteiger charge is 2.03. The molecule has 1 rings (SSSR count). The number of aromatic hydroxyl groups is 1. The third kappa shape index (κ3) is 1.60. The van der Waals surface area contributed by atoms with Crippen LogP contribution >= 0.6 is 0 Å². The quantitative estimate of drug-likeness (QED) is 0.712. The molecule has 0 radical (unpaired) electrons. The summed E-state index contributed by atoms with van der Waals surface area (Å²) in [6, 6.07) is 4.14. The Labute approximate surface area is 74.1 Å². The van der Waals surface area contributed by atoms with Crippen LogP contribution in [-0.2, 0) is 12.8 Å². The lowest BCUT2D eigenvalue weighted by Gasteiger charge is -2.07. The Morgan fingerprint density at radius 1 is 1.17 bits per heavy atom. The molecule has 1 nitrogen and oxygen atoms in total. The van der Waals surface area contributed by atoms with Gasteiger partial charge in [-0.25, -0.2) is 0 Å². The van der Waals surface area contributed by atoms with Gasteiger partial charge in [0.05, 0.1) is 0 Å². The molecule has 1 N–H and O–H groups in total. The highest BCUT2D eigenvalue weighted by atomic mass is 16.3. The normalized spacial score (nSPS) is 10.2. The Morgan fingerprint density at radius 3 is 2.33 bits per heavy atom. The van der Waals surface area contributed by atoms with Crippen molar-refractivity contribution in [2.75, 3.05) is 0 Å². The third-order valence-electron chi connectivity index (χ3n) is 2.23. The van der Waals surface area contributed by atoms with Crippen molar-refractivity contribution in [1.82, 2.24) is 0 Å². The number of phenols is 1. The second-order valence-electron chi connectivity index (χ2n) is 3.13. The number of hydrogen-bond acceptors (Lipinski definition) is 1. The van der Waals surface area contributed by atoms with Crippen molar-refractivity contribution in [2.24, 2.45) is 0 Å². The van der Waals surface area contributed by atoms with Gasteiger partial charge in [0.15, 0.2) is 0 Å². The zero-order chi connectivity index (χ0) is 9.14. The van der Waals surface area contributed by atoms with Crippen LogP contribution in [0.4, 0.5) is 0 Å². The lowest BCUT2D eigenvalue weighted by Crippen LogP contribution is -1.89. The van der Waals surface area contributed by atoms with E-state index in [-0.39, 0.29) is 0 Å². The van der Waals surface area contributed by atoms with E-state index in [0.717, 1.165) is 24.0 Å². The molecular weight excluding hydrogens is 148 g/mol. The first-order chi connectivity index (χ1) is 5.69. The summed E-state index contributed by atoms with van der Waals surface area (Å²) in [6.45, 7) is 6.15. The third-order valence-corrected chi connectivity index (χ3v) is 2.23. The highest BCUT2D eigenvalue weighted by molar-refractivity contribution is 5.42. The molecule has 0 fully saturated rings. The van der Waals surface area contributed by atoms with Gasteiger partial charge >= 0.3 is 0 Å². The Morgan fingerprint density at radius 2 is 1.83 bits per heavy atom. The summed E-state index contributed by atoms with van der Waals surface area (Å²) in [6.07, 6.45) is 1.94. The first-order valence-electron chi connectivity index (χ1n) is 4.50. The van der Waals surface area contributed by atoms with Gasteiger partial charge in [-0.2, -0.15) is 0 Å². The summed E-state index contributed by atoms with van der Waals surface area (Å²) in [7, 11) is 0. The molecule has 0 aliphatic heterocycles.